The first-order valence-corrected chi connectivity index (χ1v) is 9.87. The number of fused-ring (bicyclic) bond motifs is 1. The molecule has 0 bridgehead atoms. The monoisotopic (exact) mass is 408 g/mol. The third-order valence-electron chi connectivity index (χ3n) is 5.25. The van der Waals surface area contributed by atoms with Crippen molar-refractivity contribution in [3.63, 3.8) is 0 Å². The average molecular weight is 408 g/mol. The maximum Gasteiger partial charge on any atom is 0.337 e. The summed E-state index contributed by atoms with van der Waals surface area (Å²) in [6, 6.07) is 14.3. The highest BCUT2D eigenvalue weighted by Gasteiger charge is 2.32. The molecule has 2 aliphatic heterocycles. The van der Waals surface area contributed by atoms with Gasteiger partial charge in [-0.2, -0.15) is 0 Å². The van der Waals surface area contributed by atoms with Crippen LogP contribution in [0.5, 0.6) is 11.5 Å². The second-order valence-electron chi connectivity index (χ2n) is 7.28. The summed E-state index contributed by atoms with van der Waals surface area (Å²) in [4.78, 5) is 28.7. The van der Waals surface area contributed by atoms with Crippen LogP contribution in [0.15, 0.2) is 59.9 Å². The van der Waals surface area contributed by atoms with Gasteiger partial charge in [-0.15, -0.1) is 0 Å². The summed E-state index contributed by atoms with van der Waals surface area (Å²) >= 11 is 0. The molecule has 0 radical (unpaired) electrons. The molecular formula is C23H24N2O5. The fourth-order valence-electron chi connectivity index (χ4n) is 3.64. The number of anilines is 1. The van der Waals surface area contributed by atoms with Crippen LogP contribution in [0.25, 0.3) is 0 Å². The van der Waals surface area contributed by atoms with Gasteiger partial charge in [0, 0.05) is 6.54 Å². The number of carbonyl (C=O) groups is 2. The lowest BCUT2D eigenvalue weighted by atomic mass is 10.1. The largest absolute Gasteiger partial charge is 0.492 e. The molecule has 1 amide bonds. The number of carbonyl (C=O) groups excluding carboxylic acids is 2. The van der Waals surface area contributed by atoms with Crippen molar-refractivity contribution in [3.8, 4) is 11.5 Å². The number of ether oxygens (including phenoxy) is 3. The molecule has 156 valence electrons. The van der Waals surface area contributed by atoms with E-state index < -0.39 is 5.97 Å². The molecule has 2 aromatic carbocycles. The Bertz CT molecular complexity index is 983. The van der Waals surface area contributed by atoms with Crippen LogP contribution in [-0.2, 0) is 9.53 Å². The number of methoxy groups -OCH3 is 1. The maximum atomic E-state index is 13.3. The minimum Gasteiger partial charge on any atom is -0.492 e. The van der Waals surface area contributed by atoms with Crippen molar-refractivity contribution in [1.29, 1.82) is 0 Å². The Labute approximate surface area is 175 Å². The Morgan fingerprint density at radius 3 is 2.67 bits per heavy atom. The van der Waals surface area contributed by atoms with Gasteiger partial charge in [-0.05, 0) is 49.9 Å². The first-order valence-electron chi connectivity index (χ1n) is 9.87. The lowest BCUT2D eigenvalue weighted by molar-refractivity contribution is -0.115. The van der Waals surface area contributed by atoms with E-state index in [4.69, 9.17) is 14.2 Å². The fraction of sp³-hybridized carbons (Fsp3) is 0.304. The number of hydrogen-bond acceptors (Lipinski definition) is 6. The summed E-state index contributed by atoms with van der Waals surface area (Å²) < 4.78 is 16.7. The average Bonchev–Trinajstić information content (AvgIpc) is 2.88. The molecule has 0 aromatic heterocycles. The minimum absolute atomic E-state index is 0.0345. The highest BCUT2D eigenvalue weighted by Crippen LogP contribution is 2.36. The molecule has 0 unspecified atom stereocenters. The molecule has 0 fully saturated rings. The van der Waals surface area contributed by atoms with Crippen molar-refractivity contribution in [2.45, 2.75) is 6.42 Å². The molecule has 0 N–H and O–H groups in total. The van der Waals surface area contributed by atoms with E-state index in [0.29, 0.717) is 43.2 Å². The lowest BCUT2D eigenvalue weighted by Gasteiger charge is -2.26. The van der Waals surface area contributed by atoms with Crippen molar-refractivity contribution >= 4 is 17.6 Å². The van der Waals surface area contributed by atoms with Gasteiger partial charge in [-0.1, -0.05) is 12.1 Å². The molecule has 0 atom stereocenters. The molecule has 0 saturated carbocycles. The molecule has 30 heavy (non-hydrogen) atoms. The number of esters is 1. The third-order valence-corrected chi connectivity index (χ3v) is 5.25. The van der Waals surface area contributed by atoms with E-state index in [9.17, 15) is 9.59 Å². The summed E-state index contributed by atoms with van der Waals surface area (Å²) in [5, 5.41) is 0. The molecule has 2 heterocycles. The summed E-state index contributed by atoms with van der Waals surface area (Å²) in [6.07, 6.45) is 0.658. The van der Waals surface area contributed by atoms with Gasteiger partial charge >= 0.3 is 5.97 Å². The van der Waals surface area contributed by atoms with Gasteiger partial charge in [0.2, 0.25) is 0 Å². The minimum atomic E-state index is -0.393. The molecule has 7 nitrogen and oxygen atoms in total. The Balaban J connectivity index is 1.50. The second kappa shape index (κ2) is 8.59. The molecule has 0 saturated heterocycles. The predicted octanol–water partition coefficient (Wildman–Crippen LogP) is 2.87. The van der Waals surface area contributed by atoms with E-state index in [2.05, 4.69) is 4.90 Å². The van der Waals surface area contributed by atoms with Crippen LogP contribution >= 0.6 is 0 Å². The Hall–Kier alpha value is -3.32. The first kappa shape index (κ1) is 20.0. The molecular weight excluding hydrogens is 384 g/mol. The zero-order valence-corrected chi connectivity index (χ0v) is 17.1. The van der Waals surface area contributed by atoms with Gasteiger partial charge in [-0.3, -0.25) is 9.69 Å². The smallest absolute Gasteiger partial charge is 0.337 e. The van der Waals surface area contributed by atoms with Crippen molar-refractivity contribution in [1.82, 2.24) is 4.90 Å². The topological polar surface area (TPSA) is 68.3 Å². The normalized spacial score (nSPS) is 16.3. The van der Waals surface area contributed by atoms with E-state index >= 15 is 0 Å². The SMILES string of the molecule is COC(=O)c1ccc(OCCN2C(=O)C3=C(CN(C)CC3)Oc3ccccc32)cc1. The van der Waals surface area contributed by atoms with Crippen LogP contribution < -0.4 is 14.4 Å². The second-order valence-corrected chi connectivity index (χ2v) is 7.28. The van der Waals surface area contributed by atoms with E-state index in [1.54, 1.807) is 29.2 Å². The molecule has 2 aromatic rings. The van der Waals surface area contributed by atoms with E-state index in [-0.39, 0.29) is 5.91 Å². The van der Waals surface area contributed by atoms with E-state index in [0.717, 1.165) is 23.6 Å². The van der Waals surface area contributed by atoms with Crippen LogP contribution in [-0.4, -0.2) is 57.2 Å². The van der Waals surface area contributed by atoms with E-state index in [1.807, 2.05) is 31.3 Å². The third kappa shape index (κ3) is 4.02. The highest BCUT2D eigenvalue weighted by molar-refractivity contribution is 6.07. The fourth-order valence-corrected chi connectivity index (χ4v) is 3.64. The van der Waals surface area contributed by atoms with E-state index in [1.165, 1.54) is 7.11 Å². The van der Waals surface area contributed by atoms with Gasteiger partial charge in [0.05, 0.1) is 37.0 Å². The van der Waals surface area contributed by atoms with Gasteiger partial charge in [0.15, 0.2) is 5.75 Å². The first-order chi connectivity index (χ1) is 14.6. The van der Waals surface area contributed by atoms with Gasteiger partial charge in [0.25, 0.3) is 5.91 Å². The number of likely N-dealkylation sites (N-methyl/N-ethyl adjacent to an activating group) is 1. The van der Waals surface area contributed by atoms with Crippen LogP contribution in [0.3, 0.4) is 0 Å². The van der Waals surface area contributed by atoms with Crippen molar-refractivity contribution < 1.29 is 23.8 Å². The zero-order valence-electron chi connectivity index (χ0n) is 17.1. The molecule has 7 heteroatoms. The van der Waals surface area contributed by atoms with Crippen LogP contribution in [0, 0.1) is 0 Å². The van der Waals surface area contributed by atoms with Gasteiger partial charge in [-0.25, -0.2) is 4.79 Å². The van der Waals surface area contributed by atoms with Crippen molar-refractivity contribution in [3.05, 3.63) is 65.4 Å². The highest BCUT2D eigenvalue weighted by atomic mass is 16.5. The Morgan fingerprint density at radius 1 is 1.13 bits per heavy atom. The number of nitrogens with zero attached hydrogens (tertiary/aromatic N) is 2. The molecule has 2 aliphatic rings. The number of amides is 1. The van der Waals surface area contributed by atoms with Gasteiger partial charge in [0.1, 0.15) is 18.1 Å². The molecule has 0 spiro atoms. The number of hydrogen-bond donors (Lipinski definition) is 0. The number of rotatable bonds is 5. The summed E-state index contributed by atoms with van der Waals surface area (Å²) in [5.74, 6) is 1.59. The Morgan fingerprint density at radius 2 is 1.90 bits per heavy atom. The van der Waals surface area contributed by atoms with Gasteiger partial charge < -0.3 is 19.1 Å². The summed E-state index contributed by atoms with van der Waals surface area (Å²) in [6.45, 7) is 2.12. The quantitative estimate of drug-likeness (QED) is 0.709. The predicted molar refractivity (Wildman–Crippen MR) is 112 cm³/mol. The van der Waals surface area contributed by atoms with Crippen LogP contribution in [0.4, 0.5) is 5.69 Å². The number of benzene rings is 2. The van der Waals surface area contributed by atoms with Crippen molar-refractivity contribution in [2.24, 2.45) is 0 Å². The number of para-hydroxylation sites is 2. The van der Waals surface area contributed by atoms with Crippen molar-refractivity contribution in [2.75, 3.05) is 45.3 Å². The van der Waals surface area contributed by atoms with Crippen LogP contribution in [0.2, 0.25) is 0 Å². The lowest BCUT2D eigenvalue weighted by Crippen LogP contribution is -2.38. The Kier molecular flexibility index (Phi) is 5.72. The molecule has 4 rings (SSSR count). The summed E-state index contributed by atoms with van der Waals surface area (Å²) in [7, 11) is 3.36. The molecule has 0 aliphatic carbocycles. The summed E-state index contributed by atoms with van der Waals surface area (Å²) in [5.41, 5.74) is 1.93. The maximum absolute atomic E-state index is 13.3. The van der Waals surface area contributed by atoms with Crippen LogP contribution in [0.1, 0.15) is 16.8 Å². The zero-order chi connectivity index (χ0) is 21.1. The standard InChI is InChI=1S/C23H24N2O5/c1-24-12-11-18-21(15-24)30-20-6-4-3-5-19(20)25(22(18)26)13-14-29-17-9-7-16(8-10-17)23(27)28-2/h3-10H,11-15H2,1-2H3.